The van der Waals surface area contributed by atoms with Crippen molar-refractivity contribution in [2.45, 2.75) is 62.3 Å². The molecule has 1 aliphatic carbocycles. The first-order valence-corrected chi connectivity index (χ1v) is 11.2. The molecule has 140 valence electrons. The minimum Gasteiger partial charge on any atom is -0.342 e. The molecular formula is C19H25N3O2S2. The van der Waals surface area contributed by atoms with E-state index < -0.39 is 0 Å². The lowest BCUT2D eigenvalue weighted by atomic mass is 10.2. The smallest absolute Gasteiger partial charge is 0.262 e. The minimum atomic E-state index is -0.226. The highest BCUT2D eigenvalue weighted by Gasteiger charge is 2.26. The number of aromatic nitrogens is 2. The van der Waals surface area contributed by atoms with Gasteiger partial charge in [-0.3, -0.25) is 14.2 Å². The number of nitrogens with zero attached hydrogens (tertiary/aromatic N) is 3. The maximum atomic E-state index is 12.9. The summed E-state index contributed by atoms with van der Waals surface area (Å²) in [4.78, 5) is 34.6. The van der Waals surface area contributed by atoms with Crippen molar-refractivity contribution < 1.29 is 4.79 Å². The summed E-state index contributed by atoms with van der Waals surface area (Å²) in [5.41, 5.74) is 1.25. The van der Waals surface area contributed by atoms with Gasteiger partial charge in [0.1, 0.15) is 4.83 Å². The van der Waals surface area contributed by atoms with Crippen LogP contribution in [-0.2, 0) is 24.7 Å². The summed E-state index contributed by atoms with van der Waals surface area (Å²) in [6.07, 6.45) is 7.79. The maximum absolute atomic E-state index is 12.9. The summed E-state index contributed by atoms with van der Waals surface area (Å²) >= 11 is 3.07. The zero-order valence-corrected chi connectivity index (χ0v) is 17.0. The number of fused-ring (bicyclic) bond motifs is 3. The molecule has 0 aromatic carbocycles. The van der Waals surface area contributed by atoms with Crippen molar-refractivity contribution in [3.8, 4) is 0 Å². The first-order chi connectivity index (χ1) is 12.6. The molecule has 4 rings (SSSR count). The molecule has 2 aliphatic rings. The Morgan fingerprint density at radius 3 is 2.62 bits per heavy atom. The fourth-order valence-electron chi connectivity index (χ4n) is 3.97. The van der Waals surface area contributed by atoms with Gasteiger partial charge in [0.25, 0.3) is 5.56 Å². The van der Waals surface area contributed by atoms with Crippen LogP contribution >= 0.6 is 23.1 Å². The number of hydrogen-bond acceptors (Lipinski definition) is 5. The Morgan fingerprint density at radius 2 is 1.88 bits per heavy atom. The number of aryl methyl sites for hydroxylation is 2. The molecule has 7 heteroatoms. The number of thioether (sulfide) groups is 1. The number of rotatable bonds is 3. The van der Waals surface area contributed by atoms with Crippen molar-refractivity contribution in [2.75, 3.05) is 13.1 Å². The van der Waals surface area contributed by atoms with Gasteiger partial charge in [-0.2, -0.15) is 0 Å². The van der Waals surface area contributed by atoms with Crippen LogP contribution in [0.25, 0.3) is 10.2 Å². The van der Waals surface area contributed by atoms with E-state index in [1.165, 1.54) is 35.0 Å². The molecule has 3 heterocycles. The second kappa shape index (κ2) is 7.35. The number of likely N-dealkylation sites (tertiary alicyclic amines) is 1. The van der Waals surface area contributed by atoms with E-state index in [9.17, 15) is 9.59 Å². The molecule has 0 N–H and O–H groups in total. The fraction of sp³-hybridized carbons (Fsp3) is 0.632. The van der Waals surface area contributed by atoms with Crippen molar-refractivity contribution in [2.24, 2.45) is 7.05 Å². The van der Waals surface area contributed by atoms with Crippen LogP contribution in [0.4, 0.5) is 0 Å². The van der Waals surface area contributed by atoms with Gasteiger partial charge in [0.2, 0.25) is 5.91 Å². The van der Waals surface area contributed by atoms with Crippen LogP contribution in [0.2, 0.25) is 0 Å². The second-order valence-corrected chi connectivity index (χ2v) is 9.69. The van der Waals surface area contributed by atoms with Crippen LogP contribution in [0, 0.1) is 0 Å². The van der Waals surface area contributed by atoms with Crippen LogP contribution < -0.4 is 5.56 Å². The van der Waals surface area contributed by atoms with E-state index in [4.69, 9.17) is 4.98 Å². The maximum Gasteiger partial charge on any atom is 0.262 e. The van der Waals surface area contributed by atoms with Crippen LogP contribution in [0.1, 0.15) is 49.5 Å². The molecule has 2 aromatic rings. The highest BCUT2D eigenvalue weighted by atomic mass is 32.2. The molecule has 1 fully saturated rings. The van der Waals surface area contributed by atoms with Gasteiger partial charge in [0, 0.05) is 25.0 Å². The zero-order valence-electron chi connectivity index (χ0n) is 15.4. The van der Waals surface area contributed by atoms with E-state index >= 15 is 0 Å². The van der Waals surface area contributed by atoms with E-state index in [2.05, 4.69) is 0 Å². The first-order valence-electron chi connectivity index (χ1n) is 9.53. The predicted octanol–water partition coefficient (Wildman–Crippen LogP) is 3.37. The summed E-state index contributed by atoms with van der Waals surface area (Å²) in [5, 5.41) is 1.23. The summed E-state index contributed by atoms with van der Waals surface area (Å²) in [5.74, 6) is 0.167. The molecule has 1 unspecified atom stereocenters. The number of carbonyl (C=O) groups is 1. The first kappa shape index (κ1) is 18.0. The Balaban J connectivity index is 1.59. The number of carbonyl (C=O) groups excluding carboxylic acids is 1. The third-order valence-electron chi connectivity index (χ3n) is 5.45. The molecule has 2 aromatic heterocycles. The molecule has 26 heavy (non-hydrogen) atoms. The topological polar surface area (TPSA) is 55.2 Å². The molecule has 1 atom stereocenters. The number of hydrogen-bond donors (Lipinski definition) is 0. The van der Waals surface area contributed by atoms with Gasteiger partial charge < -0.3 is 4.90 Å². The monoisotopic (exact) mass is 391 g/mol. The Bertz CT molecular complexity index is 894. The third kappa shape index (κ3) is 3.20. The molecular weight excluding hydrogens is 366 g/mol. The minimum absolute atomic E-state index is 0.0336. The standard InChI is InChI=1S/C19H25N3O2S2/c1-12(17(23)22-10-5-3-4-6-11-22)25-19-20-16-15(18(24)21(19)2)13-8-7-9-14(13)26-16/h12H,3-11H2,1-2H3. The van der Waals surface area contributed by atoms with Crippen molar-refractivity contribution in [3.63, 3.8) is 0 Å². The lowest BCUT2D eigenvalue weighted by Gasteiger charge is -2.23. The highest BCUT2D eigenvalue weighted by Crippen LogP contribution is 2.36. The quantitative estimate of drug-likeness (QED) is 0.595. The molecule has 0 saturated carbocycles. The SMILES string of the molecule is CC(Sc1nc2sc3c(c2c(=O)n1C)CCC3)C(=O)N1CCCCCC1. The largest absolute Gasteiger partial charge is 0.342 e. The summed E-state index contributed by atoms with van der Waals surface area (Å²) in [6.45, 7) is 3.64. The van der Waals surface area contributed by atoms with Gasteiger partial charge in [-0.15, -0.1) is 11.3 Å². The van der Waals surface area contributed by atoms with E-state index in [1.807, 2.05) is 11.8 Å². The van der Waals surface area contributed by atoms with Gasteiger partial charge in [-0.25, -0.2) is 4.98 Å². The average molecular weight is 392 g/mol. The summed E-state index contributed by atoms with van der Waals surface area (Å²) in [7, 11) is 1.78. The summed E-state index contributed by atoms with van der Waals surface area (Å²) < 4.78 is 1.63. The van der Waals surface area contributed by atoms with Gasteiger partial charge in [0.05, 0.1) is 10.6 Å². The van der Waals surface area contributed by atoms with Crippen LogP contribution in [0.15, 0.2) is 9.95 Å². The van der Waals surface area contributed by atoms with Crippen molar-refractivity contribution in [1.29, 1.82) is 0 Å². The normalized spacial score (nSPS) is 18.8. The zero-order chi connectivity index (χ0) is 18.3. The molecule has 0 spiro atoms. The van der Waals surface area contributed by atoms with E-state index in [-0.39, 0.29) is 16.7 Å². The molecule has 0 bridgehead atoms. The van der Waals surface area contributed by atoms with Gasteiger partial charge in [0.15, 0.2) is 5.16 Å². The van der Waals surface area contributed by atoms with E-state index in [0.29, 0.717) is 5.16 Å². The van der Waals surface area contributed by atoms with Gasteiger partial charge >= 0.3 is 0 Å². The molecule has 0 radical (unpaired) electrons. The fourth-order valence-corrected chi connectivity index (χ4v) is 6.23. The molecule has 1 saturated heterocycles. The van der Waals surface area contributed by atoms with Crippen LogP contribution in [-0.4, -0.2) is 38.7 Å². The Morgan fingerprint density at radius 1 is 1.15 bits per heavy atom. The Kier molecular flexibility index (Phi) is 5.10. The van der Waals surface area contributed by atoms with E-state index in [0.717, 1.165) is 55.4 Å². The van der Waals surface area contributed by atoms with Crippen LogP contribution in [0.3, 0.4) is 0 Å². The van der Waals surface area contributed by atoms with Crippen molar-refractivity contribution >= 4 is 39.2 Å². The lowest BCUT2D eigenvalue weighted by molar-refractivity contribution is -0.130. The number of amides is 1. The predicted molar refractivity (Wildman–Crippen MR) is 107 cm³/mol. The molecule has 1 amide bonds. The van der Waals surface area contributed by atoms with Crippen molar-refractivity contribution in [1.82, 2.24) is 14.5 Å². The third-order valence-corrected chi connectivity index (χ3v) is 7.77. The second-order valence-electron chi connectivity index (χ2n) is 7.30. The van der Waals surface area contributed by atoms with Gasteiger partial charge in [-0.1, -0.05) is 24.6 Å². The summed E-state index contributed by atoms with van der Waals surface area (Å²) in [6, 6.07) is 0. The average Bonchev–Trinajstić information content (AvgIpc) is 3.08. The van der Waals surface area contributed by atoms with Crippen molar-refractivity contribution in [3.05, 3.63) is 20.8 Å². The van der Waals surface area contributed by atoms with Gasteiger partial charge in [-0.05, 0) is 44.6 Å². The molecule has 1 aliphatic heterocycles. The van der Waals surface area contributed by atoms with E-state index in [1.54, 1.807) is 23.0 Å². The Labute approximate surface area is 161 Å². The molecule has 5 nitrogen and oxygen atoms in total. The van der Waals surface area contributed by atoms with Crippen LogP contribution in [0.5, 0.6) is 0 Å². The number of thiophene rings is 1. The Hall–Kier alpha value is -1.34. The lowest BCUT2D eigenvalue weighted by Crippen LogP contribution is -2.37. The highest BCUT2D eigenvalue weighted by molar-refractivity contribution is 8.00.